The van der Waals surface area contributed by atoms with Crippen LogP contribution in [-0.2, 0) is 28.9 Å². The summed E-state index contributed by atoms with van der Waals surface area (Å²) in [6, 6.07) is 5.79. The van der Waals surface area contributed by atoms with Gasteiger partial charge in [0, 0.05) is 11.4 Å². The van der Waals surface area contributed by atoms with E-state index < -0.39 is 12.1 Å². The van der Waals surface area contributed by atoms with E-state index in [0.717, 1.165) is 29.7 Å². The van der Waals surface area contributed by atoms with E-state index in [2.05, 4.69) is 22.4 Å². The smallest absolute Gasteiger partial charge is 0.341 e. The maximum Gasteiger partial charge on any atom is 0.341 e. The molecule has 1 aliphatic carbocycles. The molecule has 2 aromatic heterocycles. The number of aromatic nitrogens is 3. The third kappa shape index (κ3) is 5.73. The molecule has 4 rings (SSSR count). The van der Waals surface area contributed by atoms with Crippen LogP contribution in [0, 0.1) is 11.7 Å². The summed E-state index contributed by atoms with van der Waals surface area (Å²) in [6.07, 6.45) is 2.29. The maximum atomic E-state index is 13.2. The van der Waals surface area contributed by atoms with Crippen LogP contribution in [0.2, 0.25) is 0 Å². The zero-order valence-electron chi connectivity index (χ0n) is 20.7. The van der Waals surface area contributed by atoms with Crippen LogP contribution in [0.5, 0.6) is 5.75 Å². The zero-order chi connectivity index (χ0) is 25.8. The Bertz CT molecular complexity index is 1240. The van der Waals surface area contributed by atoms with E-state index in [-0.39, 0.29) is 17.5 Å². The minimum atomic E-state index is -0.423. The lowest BCUT2D eigenvalue weighted by Gasteiger charge is -2.18. The summed E-state index contributed by atoms with van der Waals surface area (Å²) in [5.74, 6) is 0.792. The molecule has 0 spiro atoms. The first-order valence-electron chi connectivity index (χ1n) is 11.8. The molecule has 0 aliphatic heterocycles. The molecule has 0 fully saturated rings. The molecule has 1 amide bonds. The minimum Gasteiger partial charge on any atom is -0.483 e. The highest BCUT2D eigenvalue weighted by molar-refractivity contribution is 7.99. The van der Waals surface area contributed by atoms with Crippen LogP contribution in [0.15, 0.2) is 29.4 Å². The minimum absolute atomic E-state index is 0.102. The van der Waals surface area contributed by atoms with Crippen LogP contribution in [-0.4, -0.2) is 39.5 Å². The molecule has 0 bridgehead atoms. The molecule has 1 N–H and O–H groups in total. The van der Waals surface area contributed by atoms with Gasteiger partial charge in [-0.15, -0.1) is 21.5 Å². The number of halogens is 1. The Hall–Kier alpha value is -2.92. The van der Waals surface area contributed by atoms with Crippen molar-refractivity contribution in [1.29, 1.82) is 0 Å². The van der Waals surface area contributed by atoms with Crippen molar-refractivity contribution >= 4 is 40.0 Å². The summed E-state index contributed by atoms with van der Waals surface area (Å²) in [5.41, 5.74) is 1.48. The van der Waals surface area contributed by atoms with Crippen molar-refractivity contribution in [3.05, 3.63) is 51.9 Å². The van der Waals surface area contributed by atoms with Gasteiger partial charge in [-0.3, -0.25) is 4.79 Å². The number of benzene rings is 1. The number of carbonyl (C=O) groups is 2. The number of esters is 1. The van der Waals surface area contributed by atoms with Gasteiger partial charge in [-0.05, 0) is 68.9 Å². The van der Waals surface area contributed by atoms with Crippen LogP contribution in [0.1, 0.15) is 59.9 Å². The Morgan fingerprint density at radius 1 is 1.31 bits per heavy atom. The van der Waals surface area contributed by atoms with Gasteiger partial charge in [0.25, 0.3) is 0 Å². The van der Waals surface area contributed by atoms with Gasteiger partial charge in [0.1, 0.15) is 16.6 Å². The average Bonchev–Trinajstić information content (AvgIpc) is 3.43. The molecule has 0 saturated heterocycles. The van der Waals surface area contributed by atoms with Crippen molar-refractivity contribution in [1.82, 2.24) is 14.8 Å². The molecule has 0 saturated carbocycles. The molecule has 192 valence electrons. The number of nitrogens with one attached hydrogen (secondary N) is 1. The standard InChI is InChI=1S/C25H29FN4O4S2/c1-5-30-22(15(3)34-17-9-7-16(26)8-10-17)28-29-25(30)35-13-20(31)27-23-21(24(32)33-4)18-11-6-14(2)12-19(18)36-23/h7-10,14-15H,5-6,11-13H2,1-4H3,(H,27,31). The normalized spacial score (nSPS) is 15.8. The first kappa shape index (κ1) is 26.2. The fourth-order valence-electron chi connectivity index (χ4n) is 4.22. The van der Waals surface area contributed by atoms with Crippen LogP contribution in [0.25, 0.3) is 0 Å². The van der Waals surface area contributed by atoms with Gasteiger partial charge >= 0.3 is 5.97 Å². The number of methoxy groups -OCH3 is 1. The molecule has 2 heterocycles. The van der Waals surface area contributed by atoms with E-state index in [1.807, 2.05) is 18.4 Å². The molecule has 3 aromatic rings. The number of hydrogen-bond acceptors (Lipinski definition) is 8. The SMILES string of the molecule is CCn1c(SCC(=O)Nc2sc3c(c2C(=O)OC)CCC(C)C3)nnc1C(C)Oc1ccc(F)cc1. The Kier molecular flexibility index (Phi) is 8.30. The fourth-order valence-corrected chi connectivity index (χ4v) is 6.45. The summed E-state index contributed by atoms with van der Waals surface area (Å²) in [7, 11) is 1.36. The molecular weight excluding hydrogens is 503 g/mol. The molecule has 36 heavy (non-hydrogen) atoms. The number of fused-ring (bicyclic) bond motifs is 1. The Morgan fingerprint density at radius 2 is 2.06 bits per heavy atom. The van der Waals surface area contributed by atoms with Crippen LogP contribution < -0.4 is 10.1 Å². The van der Waals surface area contributed by atoms with E-state index in [1.165, 1.54) is 42.3 Å². The predicted molar refractivity (Wildman–Crippen MR) is 137 cm³/mol. The predicted octanol–water partition coefficient (Wildman–Crippen LogP) is 5.28. The number of nitrogens with zero attached hydrogens (tertiary/aromatic N) is 3. The first-order valence-corrected chi connectivity index (χ1v) is 13.6. The summed E-state index contributed by atoms with van der Waals surface area (Å²) in [5, 5.41) is 12.6. The molecular formula is C25H29FN4O4S2. The summed E-state index contributed by atoms with van der Waals surface area (Å²) in [6.45, 7) is 6.58. The van der Waals surface area contributed by atoms with Crippen molar-refractivity contribution in [2.75, 3.05) is 18.2 Å². The summed E-state index contributed by atoms with van der Waals surface area (Å²) < 4.78 is 25.9. The van der Waals surface area contributed by atoms with E-state index in [0.29, 0.717) is 39.8 Å². The monoisotopic (exact) mass is 532 g/mol. The fraction of sp³-hybridized carbons (Fsp3) is 0.440. The molecule has 1 aliphatic rings. The Labute approximate surface area is 217 Å². The number of thioether (sulfide) groups is 1. The van der Waals surface area contributed by atoms with Crippen molar-refractivity contribution in [2.45, 2.75) is 57.8 Å². The van der Waals surface area contributed by atoms with Gasteiger partial charge in [-0.25, -0.2) is 9.18 Å². The lowest BCUT2D eigenvalue weighted by Crippen LogP contribution is -2.17. The highest BCUT2D eigenvalue weighted by atomic mass is 32.2. The summed E-state index contributed by atoms with van der Waals surface area (Å²) in [4.78, 5) is 26.5. The van der Waals surface area contributed by atoms with Gasteiger partial charge in [-0.1, -0.05) is 18.7 Å². The lowest BCUT2D eigenvalue weighted by molar-refractivity contribution is -0.113. The van der Waals surface area contributed by atoms with Gasteiger partial charge in [0.05, 0.1) is 18.4 Å². The number of amides is 1. The topological polar surface area (TPSA) is 95.3 Å². The van der Waals surface area contributed by atoms with Gasteiger partial charge in [-0.2, -0.15) is 0 Å². The molecule has 1 aromatic carbocycles. The second-order valence-electron chi connectivity index (χ2n) is 8.68. The number of carbonyl (C=O) groups excluding carboxylic acids is 2. The van der Waals surface area contributed by atoms with E-state index >= 15 is 0 Å². The number of thiophene rings is 1. The zero-order valence-corrected chi connectivity index (χ0v) is 22.3. The number of ether oxygens (including phenoxy) is 2. The van der Waals surface area contributed by atoms with Crippen molar-refractivity contribution in [3.63, 3.8) is 0 Å². The second kappa shape index (κ2) is 11.4. The molecule has 0 radical (unpaired) electrons. The van der Waals surface area contributed by atoms with Gasteiger partial charge in [0.15, 0.2) is 17.1 Å². The van der Waals surface area contributed by atoms with Gasteiger partial charge in [0.2, 0.25) is 5.91 Å². The highest BCUT2D eigenvalue weighted by Gasteiger charge is 2.29. The van der Waals surface area contributed by atoms with E-state index in [4.69, 9.17) is 9.47 Å². The quantitative estimate of drug-likeness (QED) is 0.296. The largest absolute Gasteiger partial charge is 0.483 e. The number of hydrogen-bond donors (Lipinski definition) is 1. The third-order valence-electron chi connectivity index (χ3n) is 6.04. The van der Waals surface area contributed by atoms with Crippen LogP contribution >= 0.6 is 23.1 Å². The second-order valence-corrected chi connectivity index (χ2v) is 10.7. The third-order valence-corrected chi connectivity index (χ3v) is 8.17. The molecule has 8 nitrogen and oxygen atoms in total. The van der Waals surface area contributed by atoms with Crippen molar-refractivity contribution < 1.29 is 23.5 Å². The van der Waals surface area contributed by atoms with E-state index in [9.17, 15) is 14.0 Å². The van der Waals surface area contributed by atoms with Crippen molar-refractivity contribution in [2.24, 2.45) is 5.92 Å². The first-order chi connectivity index (χ1) is 17.3. The van der Waals surface area contributed by atoms with Crippen LogP contribution in [0.4, 0.5) is 9.39 Å². The average molecular weight is 533 g/mol. The van der Waals surface area contributed by atoms with E-state index in [1.54, 1.807) is 12.1 Å². The van der Waals surface area contributed by atoms with Crippen molar-refractivity contribution in [3.8, 4) is 5.75 Å². The molecule has 11 heteroatoms. The van der Waals surface area contributed by atoms with Gasteiger partial charge < -0.3 is 19.4 Å². The maximum absolute atomic E-state index is 13.2. The lowest BCUT2D eigenvalue weighted by atomic mass is 9.88. The highest BCUT2D eigenvalue weighted by Crippen LogP contribution is 2.40. The Morgan fingerprint density at radius 3 is 2.75 bits per heavy atom. The molecule has 2 unspecified atom stereocenters. The Balaban J connectivity index is 1.43. The summed E-state index contributed by atoms with van der Waals surface area (Å²) >= 11 is 2.72. The van der Waals surface area contributed by atoms with Crippen LogP contribution in [0.3, 0.4) is 0 Å². The number of anilines is 1. The number of rotatable bonds is 9. The molecule has 2 atom stereocenters.